The number of nitro benzene ring substituents is 1. The zero-order valence-electron chi connectivity index (χ0n) is 10.7. The highest BCUT2D eigenvalue weighted by Gasteiger charge is 2.17. The SMILES string of the molecule is CC(NCCOCC(N)=O)c1ccccc1[N+](=O)[O-]. The summed E-state index contributed by atoms with van der Waals surface area (Å²) in [5.41, 5.74) is 5.62. The molecule has 0 saturated carbocycles. The minimum Gasteiger partial charge on any atom is -0.370 e. The van der Waals surface area contributed by atoms with Crippen molar-refractivity contribution in [1.29, 1.82) is 0 Å². The molecule has 0 aliphatic rings. The fourth-order valence-corrected chi connectivity index (χ4v) is 1.65. The maximum atomic E-state index is 10.9. The molecule has 1 rings (SSSR count). The Morgan fingerprint density at radius 2 is 2.21 bits per heavy atom. The number of ether oxygens (including phenoxy) is 1. The van der Waals surface area contributed by atoms with Gasteiger partial charge in [0.1, 0.15) is 6.61 Å². The van der Waals surface area contributed by atoms with Gasteiger partial charge in [0.25, 0.3) is 5.69 Å². The largest absolute Gasteiger partial charge is 0.370 e. The first kappa shape index (κ1) is 15.1. The molecule has 1 aromatic carbocycles. The smallest absolute Gasteiger partial charge is 0.274 e. The van der Waals surface area contributed by atoms with E-state index in [1.54, 1.807) is 18.2 Å². The van der Waals surface area contributed by atoms with Crippen molar-refractivity contribution in [2.24, 2.45) is 5.73 Å². The van der Waals surface area contributed by atoms with Crippen LogP contribution in [0.25, 0.3) is 0 Å². The summed E-state index contributed by atoms with van der Waals surface area (Å²) in [4.78, 5) is 20.9. The van der Waals surface area contributed by atoms with Crippen molar-refractivity contribution in [3.63, 3.8) is 0 Å². The van der Waals surface area contributed by atoms with Crippen molar-refractivity contribution in [2.45, 2.75) is 13.0 Å². The van der Waals surface area contributed by atoms with Crippen molar-refractivity contribution in [3.8, 4) is 0 Å². The molecule has 0 bridgehead atoms. The average Bonchev–Trinajstić information content (AvgIpc) is 2.37. The van der Waals surface area contributed by atoms with Gasteiger partial charge in [-0.25, -0.2) is 0 Å². The van der Waals surface area contributed by atoms with E-state index in [1.807, 2.05) is 6.92 Å². The predicted molar refractivity (Wildman–Crippen MR) is 69.5 cm³/mol. The fourth-order valence-electron chi connectivity index (χ4n) is 1.65. The lowest BCUT2D eigenvalue weighted by Gasteiger charge is -2.14. The van der Waals surface area contributed by atoms with E-state index in [2.05, 4.69) is 5.32 Å². The molecule has 104 valence electrons. The number of benzene rings is 1. The number of rotatable bonds is 8. The van der Waals surface area contributed by atoms with Crippen LogP contribution in [0.2, 0.25) is 0 Å². The second kappa shape index (κ2) is 7.45. The fraction of sp³-hybridized carbons (Fsp3) is 0.417. The summed E-state index contributed by atoms with van der Waals surface area (Å²) < 4.78 is 4.99. The Bertz CT molecular complexity index is 450. The number of nitrogens with one attached hydrogen (secondary N) is 1. The van der Waals surface area contributed by atoms with E-state index in [0.717, 1.165) is 0 Å². The quantitative estimate of drug-likeness (QED) is 0.410. The van der Waals surface area contributed by atoms with Crippen LogP contribution in [-0.4, -0.2) is 30.6 Å². The Kier molecular flexibility index (Phi) is 5.91. The van der Waals surface area contributed by atoms with E-state index in [4.69, 9.17) is 10.5 Å². The third-order valence-corrected chi connectivity index (χ3v) is 2.54. The number of para-hydroxylation sites is 1. The van der Waals surface area contributed by atoms with E-state index >= 15 is 0 Å². The molecule has 3 N–H and O–H groups in total. The molecule has 1 atom stereocenters. The van der Waals surface area contributed by atoms with Crippen molar-refractivity contribution in [2.75, 3.05) is 19.8 Å². The number of nitrogens with zero attached hydrogens (tertiary/aromatic N) is 1. The van der Waals surface area contributed by atoms with Crippen molar-refractivity contribution < 1.29 is 14.5 Å². The van der Waals surface area contributed by atoms with Crippen molar-refractivity contribution >= 4 is 11.6 Å². The first-order chi connectivity index (χ1) is 9.02. The molecule has 0 aliphatic heterocycles. The van der Waals surface area contributed by atoms with Crippen LogP contribution in [0.1, 0.15) is 18.5 Å². The molecule has 0 fully saturated rings. The van der Waals surface area contributed by atoms with Gasteiger partial charge in [-0.2, -0.15) is 0 Å². The highest BCUT2D eigenvalue weighted by atomic mass is 16.6. The highest BCUT2D eigenvalue weighted by molar-refractivity contribution is 5.74. The summed E-state index contributed by atoms with van der Waals surface area (Å²) in [6, 6.07) is 6.38. The second-order valence-electron chi connectivity index (χ2n) is 4.01. The third kappa shape index (κ3) is 5.02. The molecule has 0 aromatic heterocycles. The molecule has 0 aliphatic carbocycles. The second-order valence-corrected chi connectivity index (χ2v) is 4.01. The van der Waals surface area contributed by atoms with Crippen LogP contribution in [0.3, 0.4) is 0 Å². The Balaban J connectivity index is 2.47. The van der Waals surface area contributed by atoms with Gasteiger partial charge in [0, 0.05) is 24.2 Å². The van der Waals surface area contributed by atoms with Crippen LogP contribution < -0.4 is 11.1 Å². The lowest BCUT2D eigenvalue weighted by atomic mass is 10.1. The van der Waals surface area contributed by atoms with Crippen molar-refractivity contribution in [1.82, 2.24) is 5.32 Å². The molecule has 7 heteroatoms. The molecule has 0 saturated heterocycles. The number of carbonyl (C=O) groups excluding carboxylic acids is 1. The van der Waals surface area contributed by atoms with Crippen molar-refractivity contribution in [3.05, 3.63) is 39.9 Å². The van der Waals surface area contributed by atoms with E-state index in [0.29, 0.717) is 18.7 Å². The normalized spacial score (nSPS) is 12.1. The van der Waals surface area contributed by atoms with Gasteiger partial charge in [0.05, 0.1) is 11.5 Å². The number of primary amides is 1. The van der Waals surface area contributed by atoms with Gasteiger partial charge in [-0.05, 0) is 6.92 Å². The van der Waals surface area contributed by atoms with Gasteiger partial charge in [-0.1, -0.05) is 18.2 Å². The molecule has 0 heterocycles. The van der Waals surface area contributed by atoms with Crippen LogP contribution in [0.15, 0.2) is 24.3 Å². The molecular weight excluding hydrogens is 250 g/mol. The first-order valence-electron chi connectivity index (χ1n) is 5.85. The average molecular weight is 267 g/mol. The lowest BCUT2D eigenvalue weighted by Crippen LogP contribution is -2.26. The minimum atomic E-state index is -0.522. The molecule has 1 aromatic rings. The van der Waals surface area contributed by atoms with Gasteiger partial charge in [-0.15, -0.1) is 0 Å². The number of hydrogen-bond acceptors (Lipinski definition) is 5. The molecule has 1 unspecified atom stereocenters. The molecule has 19 heavy (non-hydrogen) atoms. The Hall–Kier alpha value is -1.99. The zero-order valence-corrected chi connectivity index (χ0v) is 10.7. The summed E-state index contributed by atoms with van der Waals surface area (Å²) in [5.74, 6) is -0.522. The number of nitro groups is 1. The maximum absolute atomic E-state index is 10.9. The Labute approximate surface area is 110 Å². The highest BCUT2D eigenvalue weighted by Crippen LogP contribution is 2.23. The summed E-state index contributed by atoms with van der Waals surface area (Å²) in [5, 5.41) is 14.0. The Morgan fingerprint density at radius 1 is 1.53 bits per heavy atom. The standard InChI is InChI=1S/C12H17N3O4/c1-9(14-6-7-19-8-12(13)16)10-4-2-3-5-11(10)15(17)18/h2-5,9,14H,6-8H2,1H3,(H2,13,16). The van der Waals surface area contributed by atoms with Gasteiger partial charge in [-0.3, -0.25) is 14.9 Å². The van der Waals surface area contributed by atoms with Gasteiger partial charge in [0.2, 0.25) is 5.91 Å². The topological polar surface area (TPSA) is 107 Å². The van der Waals surface area contributed by atoms with Gasteiger partial charge >= 0.3 is 0 Å². The molecule has 1 amide bonds. The number of nitrogens with two attached hydrogens (primary N) is 1. The van der Waals surface area contributed by atoms with Gasteiger partial charge < -0.3 is 15.8 Å². The molecular formula is C12H17N3O4. The summed E-state index contributed by atoms with van der Waals surface area (Å²) >= 11 is 0. The maximum Gasteiger partial charge on any atom is 0.274 e. The number of amides is 1. The van der Waals surface area contributed by atoms with Crippen LogP contribution in [0, 0.1) is 10.1 Å². The van der Waals surface area contributed by atoms with Crippen LogP contribution in [0.4, 0.5) is 5.69 Å². The van der Waals surface area contributed by atoms with E-state index in [1.165, 1.54) is 6.07 Å². The molecule has 7 nitrogen and oxygen atoms in total. The van der Waals surface area contributed by atoms with Crippen LogP contribution in [0.5, 0.6) is 0 Å². The third-order valence-electron chi connectivity index (χ3n) is 2.54. The first-order valence-corrected chi connectivity index (χ1v) is 5.85. The lowest BCUT2D eigenvalue weighted by molar-refractivity contribution is -0.385. The summed E-state index contributed by atoms with van der Waals surface area (Å²) in [6.45, 7) is 2.49. The molecule has 0 radical (unpaired) electrons. The molecule has 0 spiro atoms. The van der Waals surface area contributed by atoms with Crippen LogP contribution in [-0.2, 0) is 9.53 Å². The summed E-state index contributed by atoms with van der Waals surface area (Å²) in [7, 11) is 0. The van der Waals surface area contributed by atoms with Crippen LogP contribution >= 0.6 is 0 Å². The van der Waals surface area contributed by atoms with Gasteiger partial charge in [0.15, 0.2) is 0 Å². The Morgan fingerprint density at radius 3 is 2.84 bits per heavy atom. The number of carbonyl (C=O) groups is 1. The zero-order chi connectivity index (χ0) is 14.3. The van der Waals surface area contributed by atoms with E-state index in [-0.39, 0.29) is 18.3 Å². The minimum absolute atomic E-state index is 0.0838. The number of hydrogen-bond donors (Lipinski definition) is 2. The van der Waals surface area contributed by atoms with E-state index < -0.39 is 10.8 Å². The summed E-state index contributed by atoms with van der Waals surface area (Å²) in [6.07, 6.45) is 0. The van der Waals surface area contributed by atoms with E-state index in [9.17, 15) is 14.9 Å². The monoisotopic (exact) mass is 267 g/mol. The predicted octanol–water partition coefficient (Wildman–Crippen LogP) is 0.747.